The van der Waals surface area contributed by atoms with Crippen LogP contribution in [0.3, 0.4) is 0 Å². The van der Waals surface area contributed by atoms with Gasteiger partial charge in [0.2, 0.25) is 5.91 Å². The van der Waals surface area contributed by atoms with E-state index < -0.39 is 0 Å². The van der Waals surface area contributed by atoms with Crippen molar-refractivity contribution in [3.05, 3.63) is 82.9 Å². The highest BCUT2D eigenvalue weighted by Crippen LogP contribution is 2.34. The molecule has 2 heterocycles. The Morgan fingerprint density at radius 3 is 2.73 bits per heavy atom. The van der Waals surface area contributed by atoms with E-state index >= 15 is 0 Å². The van der Waals surface area contributed by atoms with E-state index in [1.807, 2.05) is 31.2 Å². The van der Waals surface area contributed by atoms with Gasteiger partial charge in [-0.1, -0.05) is 29.0 Å². The summed E-state index contributed by atoms with van der Waals surface area (Å²) in [5, 5.41) is 1.26. The number of hydrogen-bond acceptors (Lipinski definition) is 5. The third-order valence-corrected chi connectivity index (χ3v) is 6.96. The maximum absolute atomic E-state index is 13.2. The van der Waals surface area contributed by atoms with Gasteiger partial charge < -0.3 is 0 Å². The molecule has 0 radical (unpaired) electrons. The van der Waals surface area contributed by atoms with Gasteiger partial charge >= 0.3 is 0 Å². The SMILES string of the molecule is Cc1c(Cl)ccc2sc(N(Cc3cccnc3)C(=O)CSc3ccc(F)cc3)nc12. The Labute approximate surface area is 186 Å². The standard InChI is InChI=1S/C22H17ClFN3OS2/c1-14-18(23)8-9-19-21(14)26-22(30-19)27(12-15-3-2-10-25-11-15)20(28)13-29-17-6-4-16(24)5-7-17/h2-11H,12-13H2,1H3. The van der Waals surface area contributed by atoms with E-state index in [-0.39, 0.29) is 17.5 Å². The monoisotopic (exact) mass is 457 g/mol. The number of amides is 1. The number of carbonyl (C=O) groups excluding carboxylic acids is 1. The predicted octanol–water partition coefficient (Wildman–Crippen LogP) is 6.12. The van der Waals surface area contributed by atoms with E-state index in [0.29, 0.717) is 16.7 Å². The number of rotatable bonds is 6. The number of benzene rings is 2. The van der Waals surface area contributed by atoms with Crippen LogP contribution in [0, 0.1) is 12.7 Å². The molecular formula is C22H17ClFN3OS2. The summed E-state index contributed by atoms with van der Waals surface area (Å²) in [5.74, 6) is -0.176. The molecule has 152 valence electrons. The second-order valence-electron chi connectivity index (χ2n) is 6.60. The van der Waals surface area contributed by atoms with Crippen LogP contribution in [0.25, 0.3) is 10.2 Å². The fourth-order valence-corrected chi connectivity index (χ4v) is 4.86. The smallest absolute Gasteiger partial charge is 0.239 e. The number of aromatic nitrogens is 2. The van der Waals surface area contributed by atoms with E-state index in [1.165, 1.54) is 35.2 Å². The van der Waals surface area contributed by atoms with Crippen molar-refractivity contribution in [3.63, 3.8) is 0 Å². The Hall–Kier alpha value is -2.48. The summed E-state index contributed by atoms with van der Waals surface area (Å²) in [4.78, 5) is 24.5. The van der Waals surface area contributed by atoms with Crippen LogP contribution in [0.5, 0.6) is 0 Å². The summed E-state index contributed by atoms with van der Waals surface area (Å²) in [6, 6.07) is 13.7. The minimum Gasteiger partial charge on any atom is -0.283 e. The van der Waals surface area contributed by atoms with Crippen molar-refractivity contribution in [3.8, 4) is 0 Å². The quantitative estimate of drug-likeness (QED) is 0.327. The molecule has 0 N–H and O–H groups in total. The highest BCUT2D eigenvalue weighted by atomic mass is 35.5. The van der Waals surface area contributed by atoms with Crippen molar-refractivity contribution in [2.24, 2.45) is 0 Å². The summed E-state index contributed by atoms with van der Waals surface area (Å²) in [7, 11) is 0. The summed E-state index contributed by atoms with van der Waals surface area (Å²) in [6.07, 6.45) is 3.44. The first-order valence-corrected chi connectivity index (χ1v) is 11.3. The first kappa shape index (κ1) is 20.8. The predicted molar refractivity (Wildman–Crippen MR) is 122 cm³/mol. The van der Waals surface area contributed by atoms with Gasteiger partial charge in [-0.05, 0) is 60.5 Å². The summed E-state index contributed by atoms with van der Waals surface area (Å²) >= 11 is 9.06. The van der Waals surface area contributed by atoms with Gasteiger partial charge in [-0.15, -0.1) is 11.8 Å². The molecule has 4 aromatic rings. The summed E-state index contributed by atoms with van der Waals surface area (Å²) < 4.78 is 14.1. The number of thiazole rings is 1. The molecule has 30 heavy (non-hydrogen) atoms. The van der Waals surface area contributed by atoms with Gasteiger partial charge in [0, 0.05) is 22.3 Å². The Morgan fingerprint density at radius 2 is 2.00 bits per heavy atom. The zero-order valence-corrected chi connectivity index (χ0v) is 18.4. The lowest BCUT2D eigenvalue weighted by molar-refractivity contribution is -0.116. The van der Waals surface area contributed by atoms with Gasteiger partial charge in [0.15, 0.2) is 5.13 Å². The Kier molecular flexibility index (Phi) is 6.32. The fraction of sp³-hybridized carbons (Fsp3) is 0.136. The molecule has 0 fully saturated rings. The number of nitrogens with zero attached hydrogens (tertiary/aromatic N) is 3. The normalized spacial score (nSPS) is 11.0. The molecule has 0 aliphatic rings. The lowest BCUT2D eigenvalue weighted by atomic mass is 10.2. The van der Waals surface area contributed by atoms with E-state index in [1.54, 1.807) is 29.4 Å². The van der Waals surface area contributed by atoms with E-state index in [4.69, 9.17) is 16.6 Å². The molecule has 2 aromatic carbocycles. The topological polar surface area (TPSA) is 46.1 Å². The van der Waals surface area contributed by atoms with Crippen molar-refractivity contribution in [2.75, 3.05) is 10.7 Å². The molecule has 0 spiro atoms. The summed E-state index contributed by atoms with van der Waals surface area (Å²) in [6.45, 7) is 2.29. The molecule has 0 bridgehead atoms. The first-order chi connectivity index (χ1) is 14.5. The van der Waals surface area contributed by atoms with Crippen LogP contribution in [0.4, 0.5) is 9.52 Å². The van der Waals surface area contributed by atoms with Crippen molar-refractivity contribution in [2.45, 2.75) is 18.4 Å². The third kappa shape index (κ3) is 4.64. The van der Waals surface area contributed by atoms with Crippen LogP contribution in [0.2, 0.25) is 5.02 Å². The van der Waals surface area contributed by atoms with Crippen LogP contribution in [0.15, 0.2) is 65.8 Å². The molecule has 0 saturated heterocycles. The van der Waals surface area contributed by atoms with Gasteiger partial charge in [0.1, 0.15) is 5.82 Å². The van der Waals surface area contributed by atoms with Crippen LogP contribution in [-0.2, 0) is 11.3 Å². The van der Waals surface area contributed by atoms with Gasteiger partial charge in [0.25, 0.3) is 0 Å². The molecule has 4 rings (SSSR count). The molecule has 2 aromatic heterocycles. The molecule has 8 heteroatoms. The third-order valence-electron chi connectivity index (χ3n) is 4.51. The van der Waals surface area contributed by atoms with Crippen LogP contribution >= 0.6 is 34.7 Å². The molecule has 1 amide bonds. The van der Waals surface area contributed by atoms with Gasteiger partial charge in [-0.3, -0.25) is 14.7 Å². The largest absolute Gasteiger partial charge is 0.283 e. The number of pyridine rings is 1. The molecule has 0 atom stereocenters. The number of hydrogen-bond donors (Lipinski definition) is 0. The zero-order valence-electron chi connectivity index (χ0n) is 16.0. The molecule has 0 saturated carbocycles. The minimum atomic E-state index is -0.299. The molecule has 0 aliphatic carbocycles. The highest BCUT2D eigenvalue weighted by molar-refractivity contribution is 8.00. The van der Waals surface area contributed by atoms with E-state index in [9.17, 15) is 9.18 Å². The molecule has 0 unspecified atom stereocenters. The number of fused-ring (bicyclic) bond motifs is 1. The average molecular weight is 458 g/mol. The number of thioether (sulfide) groups is 1. The number of carbonyl (C=O) groups is 1. The highest BCUT2D eigenvalue weighted by Gasteiger charge is 2.21. The summed E-state index contributed by atoms with van der Waals surface area (Å²) in [5.41, 5.74) is 2.61. The first-order valence-electron chi connectivity index (χ1n) is 9.14. The lowest BCUT2D eigenvalue weighted by Crippen LogP contribution is -2.31. The maximum atomic E-state index is 13.2. The van der Waals surface area contributed by atoms with Crippen LogP contribution < -0.4 is 4.90 Å². The van der Waals surface area contributed by atoms with Gasteiger partial charge in [0.05, 0.1) is 22.5 Å². The average Bonchev–Trinajstić information content (AvgIpc) is 3.19. The Morgan fingerprint density at radius 1 is 1.20 bits per heavy atom. The second-order valence-corrected chi connectivity index (χ2v) is 9.06. The van der Waals surface area contributed by atoms with Crippen molar-refractivity contribution in [1.29, 1.82) is 0 Å². The number of aryl methyl sites for hydroxylation is 1. The van der Waals surface area contributed by atoms with Gasteiger partial charge in [-0.2, -0.15) is 0 Å². The molecule has 4 nitrogen and oxygen atoms in total. The van der Waals surface area contributed by atoms with E-state index in [2.05, 4.69) is 4.98 Å². The van der Waals surface area contributed by atoms with Crippen molar-refractivity contribution >= 4 is 56.0 Å². The number of anilines is 1. The Bertz CT molecular complexity index is 1180. The molecule has 0 aliphatic heterocycles. The van der Waals surface area contributed by atoms with Gasteiger partial charge in [-0.25, -0.2) is 9.37 Å². The van der Waals surface area contributed by atoms with E-state index in [0.717, 1.165) is 26.2 Å². The van der Waals surface area contributed by atoms with Crippen LogP contribution in [-0.4, -0.2) is 21.6 Å². The Balaban J connectivity index is 1.63. The van der Waals surface area contributed by atoms with Crippen molar-refractivity contribution in [1.82, 2.24) is 9.97 Å². The molecular weight excluding hydrogens is 441 g/mol. The van der Waals surface area contributed by atoms with Crippen LogP contribution in [0.1, 0.15) is 11.1 Å². The fourth-order valence-electron chi connectivity index (χ4n) is 2.89. The van der Waals surface area contributed by atoms with Crippen molar-refractivity contribution < 1.29 is 9.18 Å². The lowest BCUT2D eigenvalue weighted by Gasteiger charge is -2.19. The second kappa shape index (κ2) is 9.12. The minimum absolute atomic E-state index is 0.0871. The zero-order chi connectivity index (χ0) is 21.1. The number of halogens is 2. The maximum Gasteiger partial charge on any atom is 0.239 e.